The summed E-state index contributed by atoms with van der Waals surface area (Å²) in [7, 11) is 0. The van der Waals surface area contributed by atoms with E-state index in [1.54, 1.807) is 6.33 Å². The van der Waals surface area contributed by atoms with Gasteiger partial charge in [-0.05, 0) is 49.2 Å². The molecule has 0 atom stereocenters. The van der Waals surface area contributed by atoms with Gasteiger partial charge in [0.15, 0.2) is 0 Å². The van der Waals surface area contributed by atoms with Gasteiger partial charge < -0.3 is 10.2 Å². The van der Waals surface area contributed by atoms with E-state index in [1.807, 2.05) is 18.3 Å². The molecule has 5 rings (SSSR count). The maximum absolute atomic E-state index is 4.47. The number of hydrogen-bond acceptors (Lipinski definition) is 5. The van der Waals surface area contributed by atoms with Gasteiger partial charge in [0.1, 0.15) is 12.1 Å². The molecule has 1 aliphatic rings. The van der Waals surface area contributed by atoms with Gasteiger partial charge in [0.25, 0.3) is 0 Å². The molecule has 0 radical (unpaired) electrons. The molecule has 1 aliphatic heterocycles. The van der Waals surface area contributed by atoms with Crippen LogP contribution in [-0.4, -0.2) is 33.3 Å². The minimum Gasteiger partial charge on any atom is -0.372 e. The molecule has 0 spiro atoms. The van der Waals surface area contributed by atoms with Crippen molar-refractivity contribution in [3.05, 3.63) is 48.9 Å². The highest BCUT2D eigenvalue weighted by Crippen LogP contribution is 2.29. The summed E-state index contributed by atoms with van der Waals surface area (Å²) in [6.07, 6.45) is 5.96. The van der Waals surface area contributed by atoms with Crippen LogP contribution in [0.5, 0.6) is 0 Å². The Morgan fingerprint density at radius 1 is 1.00 bits per heavy atom. The minimum atomic E-state index is 0.828. The molecule has 0 bridgehead atoms. The third kappa shape index (κ3) is 2.55. The molecule has 1 fully saturated rings. The summed E-state index contributed by atoms with van der Waals surface area (Å²) in [6, 6.07) is 12.5. The molecule has 0 aliphatic carbocycles. The second kappa shape index (κ2) is 5.73. The molecule has 2 N–H and O–H groups in total. The number of hydrogen-bond donors (Lipinski definition) is 2. The number of aromatic nitrogens is 4. The number of anilines is 3. The lowest BCUT2D eigenvalue weighted by Gasteiger charge is -2.18. The number of nitrogens with zero attached hydrogens (tertiary/aromatic N) is 4. The van der Waals surface area contributed by atoms with Crippen molar-refractivity contribution in [1.82, 2.24) is 20.2 Å². The highest BCUT2D eigenvalue weighted by Gasteiger charge is 2.14. The van der Waals surface area contributed by atoms with Gasteiger partial charge in [-0.25, -0.2) is 9.97 Å². The SMILES string of the molecule is c1nc(Nc2ccc3[nH]ncc3c2)c2cc(N3CCCC3)ccc2n1. The molecular formula is C19H18N6. The molecule has 4 aromatic rings. The standard InChI is InChI=1S/C19H18N6/c1-2-8-25(7-1)15-4-6-18-16(10-15)19(21-12-20-18)23-14-3-5-17-13(9-14)11-22-24-17/h3-6,9-12H,1-2,7-8H2,(H,22,24)(H,20,21,23). The highest BCUT2D eigenvalue weighted by molar-refractivity contribution is 5.94. The maximum atomic E-state index is 4.47. The topological polar surface area (TPSA) is 69.7 Å². The Morgan fingerprint density at radius 3 is 2.84 bits per heavy atom. The molecule has 0 amide bonds. The predicted octanol–water partition coefficient (Wildman–Crippen LogP) is 3.85. The fraction of sp³-hybridized carbons (Fsp3) is 0.211. The monoisotopic (exact) mass is 330 g/mol. The molecule has 2 aromatic carbocycles. The Hall–Kier alpha value is -3.15. The molecular weight excluding hydrogens is 312 g/mol. The van der Waals surface area contributed by atoms with Crippen LogP contribution in [-0.2, 0) is 0 Å². The van der Waals surface area contributed by atoms with E-state index < -0.39 is 0 Å². The van der Waals surface area contributed by atoms with E-state index in [0.717, 1.165) is 46.4 Å². The first kappa shape index (κ1) is 14.2. The van der Waals surface area contributed by atoms with Crippen LogP contribution in [0.25, 0.3) is 21.8 Å². The Morgan fingerprint density at radius 2 is 1.92 bits per heavy atom. The normalized spacial score (nSPS) is 14.5. The lowest BCUT2D eigenvalue weighted by Crippen LogP contribution is -2.17. The predicted molar refractivity (Wildman–Crippen MR) is 100 cm³/mol. The first-order valence-electron chi connectivity index (χ1n) is 8.57. The second-order valence-electron chi connectivity index (χ2n) is 6.41. The van der Waals surface area contributed by atoms with Crippen LogP contribution in [0.3, 0.4) is 0 Å². The van der Waals surface area contributed by atoms with Gasteiger partial charge in [0.2, 0.25) is 0 Å². The van der Waals surface area contributed by atoms with Gasteiger partial charge in [-0.3, -0.25) is 5.10 Å². The van der Waals surface area contributed by atoms with E-state index in [4.69, 9.17) is 0 Å². The van der Waals surface area contributed by atoms with Crippen LogP contribution in [0.1, 0.15) is 12.8 Å². The van der Waals surface area contributed by atoms with E-state index in [0.29, 0.717) is 0 Å². The third-order valence-electron chi connectivity index (χ3n) is 4.79. The first-order chi connectivity index (χ1) is 12.4. The number of rotatable bonds is 3. The van der Waals surface area contributed by atoms with Crippen LogP contribution < -0.4 is 10.2 Å². The van der Waals surface area contributed by atoms with E-state index >= 15 is 0 Å². The average molecular weight is 330 g/mol. The molecule has 25 heavy (non-hydrogen) atoms. The maximum Gasteiger partial charge on any atom is 0.141 e. The molecule has 6 heteroatoms. The zero-order valence-corrected chi connectivity index (χ0v) is 13.7. The number of nitrogens with one attached hydrogen (secondary N) is 2. The number of benzene rings is 2. The van der Waals surface area contributed by atoms with E-state index in [2.05, 4.69) is 54.6 Å². The molecule has 0 unspecified atom stereocenters. The van der Waals surface area contributed by atoms with Gasteiger partial charge in [0.05, 0.1) is 17.2 Å². The van der Waals surface area contributed by atoms with Crippen molar-refractivity contribution in [1.29, 1.82) is 0 Å². The van der Waals surface area contributed by atoms with Gasteiger partial charge in [-0.2, -0.15) is 5.10 Å². The van der Waals surface area contributed by atoms with E-state index in [1.165, 1.54) is 18.5 Å². The Balaban J connectivity index is 1.55. The summed E-state index contributed by atoms with van der Waals surface area (Å²) in [4.78, 5) is 11.3. The summed E-state index contributed by atoms with van der Waals surface area (Å²) in [5.41, 5.74) is 4.20. The van der Waals surface area contributed by atoms with Crippen molar-refractivity contribution in [2.45, 2.75) is 12.8 Å². The van der Waals surface area contributed by atoms with Gasteiger partial charge in [-0.15, -0.1) is 0 Å². The van der Waals surface area contributed by atoms with Crippen LogP contribution in [0.2, 0.25) is 0 Å². The molecule has 124 valence electrons. The zero-order chi connectivity index (χ0) is 16.6. The fourth-order valence-electron chi connectivity index (χ4n) is 3.47. The molecule has 3 heterocycles. The lowest BCUT2D eigenvalue weighted by molar-refractivity contribution is 0.949. The number of H-pyrrole nitrogens is 1. The second-order valence-corrected chi connectivity index (χ2v) is 6.41. The van der Waals surface area contributed by atoms with Crippen molar-refractivity contribution in [3.8, 4) is 0 Å². The average Bonchev–Trinajstić information content (AvgIpc) is 3.33. The molecule has 2 aromatic heterocycles. The van der Waals surface area contributed by atoms with Crippen LogP contribution in [0, 0.1) is 0 Å². The van der Waals surface area contributed by atoms with Gasteiger partial charge in [0, 0.05) is 35.2 Å². The fourth-order valence-corrected chi connectivity index (χ4v) is 3.47. The zero-order valence-electron chi connectivity index (χ0n) is 13.7. The summed E-state index contributed by atoms with van der Waals surface area (Å²) in [5, 5.41) is 12.6. The summed E-state index contributed by atoms with van der Waals surface area (Å²) in [5.74, 6) is 0.828. The number of fused-ring (bicyclic) bond motifs is 2. The van der Waals surface area contributed by atoms with Crippen molar-refractivity contribution >= 4 is 39.0 Å². The van der Waals surface area contributed by atoms with Gasteiger partial charge in [-0.1, -0.05) is 0 Å². The van der Waals surface area contributed by atoms with Crippen molar-refractivity contribution in [2.24, 2.45) is 0 Å². The van der Waals surface area contributed by atoms with Gasteiger partial charge >= 0.3 is 0 Å². The van der Waals surface area contributed by atoms with Crippen molar-refractivity contribution < 1.29 is 0 Å². The lowest BCUT2D eigenvalue weighted by atomic mass is 10.2. The quantitative estimate of drug-likeness (QED) is 0.597. The van der Waals surface area contributed by atoms with E-state index in [-0.39, 0.29) is 0 Å². The Bertz CT molecular complexity index is 1050. The minimum absolute atomic E-state index is 0.828. The third-order valence-corrected chi connectivity index (χ3v) is 4.79. The highest BCUT2D eigenvalue weighted by atomic mass is 15.1. The van der Waals surface area contributed by atoms with Crippen LogP contribution in [0.4, 0.5) is 17.2 Å². The largest absolute Gasteiger partial charge is 0.372 e. The molecule has 6 nitrogen and oxygen atoms in total. The summed E-state index contributed by atoms with van der Waals surface area (Å²) < 4.78 is 0. The first-order valence-corrected chi connectivity index (χ1v) is 8.57. The van der Waals surface area contributed by atoms with E-state index in [9.17, 15) is 0 Å². The van der Waals surface area contributed by atoms with Crippen LogP contribution in [0.15, 0.2) is 48.9 Å². The summed E-state index contributed by atoms with van der Waals surface area (Å²) >= 11 is 0. The van der Waals surface area contributed by atoms with Crippen LogP contribution >= 0.6 is 0 Å². The Kier molecular flexibility index (Phi) is 3.26. The Labute approximate surface area is 144 Å². The van der Waals surface area contributed by atoms with Crippen molar-refractivity contribution in [2.75, 3.05) is 23.3 Å². The number of aromatic amines is 1. The smallest absolute Gasteiger partial charge is 0.141 e. The molecule has 0 saturated carbocycles. The van der Waals surface area contributed by atoms with Crippen molar-refractivity contribution in [3.63, 3.8) is 0 Å². The summed E-state index contributed by atoms with van der Waals surface area (Å²) in [6.45, 7) is 2.25. The molecule has 1 saturated heterocycles.